The van der Waals surface area contributed by atoms with Crippen molar-refractivity contribution in [3.05, 3.63) is 211 Å². The van der Waals surface area contributed by atoms with Gasteiger partial charge in [0.25, 0.3) is 0 Å². The van der Waals surface area contributed by atoms with E-state index in [1.165, 1.54) is 104 Å². The summed E-state index contributed by atoms with van der Waals surface area (Å²) in [7, 11) is 0. The number of fused-ring (bicyclic) bond motifs is 16. The molecular weight excluding hydrogens is 711 g/mol. The molecule has 0 radical (unpaired) electrons. The van der Waals surface area contributed by atoms with Crippen molar-refractivity contribution < 1.29 is 0 Å². The first-order valence-corrected chi connectivity index (χ1v) is 20.3. The molecule has 3 nitrogen and oxygen atoms in total. The maximum atomic E-state index is 4.99. The van der Waals surface area contributed by atoms with Gasteiger partial charge in [-0.1, -0.05) is 115 Å². The molecule has 4 heterocycles. The molecule has 0 bridgehead atoms. The van der Waals surface area contributed by atoms with E-state index in [9.17, 15) is 0 Å². The van der Waals surface area contributed by atoms with Crippen LogP contribution in [0.1, 0.15) is 22.3 Å². The fourth-order valence-electron chi connectivity index (χ4n) is 9.97. The van der Waals surface area contributed by atoms with Crippen LogP contribution >= 0.6 is 11.3 Å². The lowest BCUT2D eigenvalue weighted by molar-refractivity contribution is 0.794. The van der Waals surface area contributed by atoms with E-state index in [-0.39, 0.29) is 0 Å². The largest absolute Gasteiger partial charge is 0.290 e. The molecule has 0 saturated carbocycles. The third-order valence-electron chi connectivity index (χ3n) is 12.5. The van der Waals surface area contributed by atoms with Crippen LogP contribution in [0.3, 0.4) is 0 Å². The molecule has 0 unspecified atom stereocenters. The molecule has 0 fully saturated rings. The van der Waals surface area contributed by atoms with Crippen LogP contribution in [0.5, 0.6) is 0 Å². The normalized spacial score (nSPS) is 13.4. The van der Waals surface area contributed by atoms with Crippen LogP contribution in [0.2, 0.25) is 0 Å². The van der Waals surface area contributed by atoms with E-state index in [2.05, 4.69) is 185 Å². The Kier molecular flexibility index (Phi) is 6.25. The number of benzene rings is 7. The molecule has 57 heavy (non-hydrogen) atoms. The van der Waals surface area contributed by atoms with Crippen LogP contribution in [0.4, 0.5) is 0 Å². The number of hydrogen-bond acceptors (Lipinski definition) is 3. The fraction of sp³-hybridized carbons (Fsp3) is 0.0189. The van der Waals surface area contributed by atoms with Gasteiger partial charge in [0, 0.05) is 28.7 Å². The van der Waals surface area contributed by atoms with E-state index in [4.69, 9.17) is 4.98 Å². The molecule has 0 N–H and O–H groups in total. The van der Waals surface area contributed by atoms with Crippen molar-refractivity contribution in [1.29, 1.82) is 0 Å². The van der Waals surface area contributed by atoms with E-state index in [1.54, 1.807) is 11.3 Å². The highest BCUT2D eigenvalue weighted by atomic mass is 32.1. The first-order chi connectivity index (χ1) is 28.2. The summed E-state index contributed by atoms with van der Waals surface area (Å²) in [6.45, 7) is 0. The van der Waals surface area contributed by atoms with E-state index >= 15 is 0 Å². The summed E-state index contributed by atoms with van der Waals surface area (Å²) in [5.41, 5.74) is 19.4. The van der Waals surface area contributed by atoms with Crippen molar-refractivity contribution >= 4 is 48.2 Å². The minimum Gasteiger partial charge on any atom is -0.290 e. The minimum absolute atomic E-state index is 0.430. The number of pyridine rings is 2. The van der Waals surface area contributed by atoms with Crippen LogP contribution in [-0.4, -0.2) is 14.4 Å². The molecule has 4 heteroatoms. The molecule has 0 atom stereocenters. The van der Waals surface area contributed by atoms with Crippen molar-refractivity contribution in [2.45, 2.75) is 5.41 Å². The summed E-state index contributed by atoms with van der Waals surface area (Å²) in [5, 5.41) is 3.67. The molecule has 1 spiro atoms. The average molecular weight is 742 g/mol. The van der Waals surface area contributed by atoms with Crippen LogP contribution in [0, 0.1) is 0 Å². The minimum atomic E-state index is -0.430. The first-order valence-electron chi connectivity index (χ1n) is 19.5. The standard InChI is InChI=1S/C53H31N3S/c1-4-10-45-40(7-1)41-8-2-5-11-46(41)53(45)47-29-37(32-23-25-54-26-24-32)17-20-42(47)43-21-18-38(30-48(43)53)35-14-13-34-28-36(16-15-33(34)27-35)39-19-22-50-55-51-44-9-3-6-12-49(44)57-52(51)56(50)31-39/h1-31H. The second-order valence-corrected chi connectivity index (χ2v) is 16.4. The van der Waals surface area contributed by atoms with Crippen molar-refractivity contribution in [1.82, 2.24) is 14.4 Å². The second-order valence-electron chi connectivity index (χ2n) is 15.4. The number of imidazole rings is 1. The summed E-state index contributed by atoms with van der Waals surface area (Å²) in [6, 6.07) is 63.1. The molecule has 11 aromatic rings. The molecule has 0 amide bonds. The highest BCUT2D eigenvalue weighted by Crippen LogP contribution is 2.63. The van der Waals surface area contributed by atoms with Gasteiger partial charge in [0.1, 0.15) is 16.0 Å². The molecular formula is C53H31N3S. The Hall–Kier alpha value is -7.14. The maximum absolute atomic E-state index is 4.99. The van der Waals surface area contributed by atoms with Gasteiger partial charge in [-0.15, -0.1) is 11.3 Å². The number of rotatable bonds is 3. The zero-order chi connectivity index (χ0) is 37.2. The molecule has 2 aliphatic rings. The third-order valence-corrected chi connectivity index (χ3v) is 13.7. The lowest BCUT2D eigenvalue weighted by atomic mass is 9.70. The van der Waals surface area contributed by atoms with E-state index in [0.29, 0.717) is 0 Å². The lowest BCUT2D eigenvalue weighted by Gasteiger charge is -2.31. The molecule has 264 valence electrons. The number of nitrogens with zero attached hydrogens (tertiary/aromatic N) is 3. The van der Waals surface area contributed by atoms with Gasteiger partial charge < -0.3 is 0 Å². The Morgan fingerprint density at radius 1 is 0.439 bits per heavy atom. The van der Waals surface area contributed by atoms with Crippen LogP contribution in [-0.2, 0) is 5.41 Å². The highest BCUT2D eigenvalue weighted by molar-refractivity contribution is 7.25. The molecule has 2 aliphatic carbocycles. The highest BCUT2D eigenvalue weighted by Gasteiger charge is 2.51. The first kappa shape index (κ1) is 31.1. The predicted octanol–water partition coefficient (Wildman–Crippen LogP) is 13.6. The zero-order valence-corrected chi connectivity index (χ0v) is 31.5. The van der Waals surface area contributed by atoms with Crippen molar-refractivity contribution in [3.63, 3.8) is 0 Å². The quantitative estimate of drug-likeness (QED) is 0.180. The van der Waals surface area contributed by atoms with Crippen molar-refractivity contribution in [2.24, 2.45) is 0 Å². The molecule has 4 aromatic heterocycles. The Balaban J connectivity index is 0.943. The number of hydrogen-bond donors (Lipinski definition) is 0. The summed E-state index contributed by atoms with van der Waals surface area (Å²) in [4.78, 5) is 10.5. The Morgan fingerprint density at radius 2 is 0.982 bits per heavy atom. The summed E-state index contributed by atoms with van der Waals surface area (Å²) in [6.07, 6.45) is 6.01. The van der Waals surface area contributed by atoms with Gasteiger partial charge in [-0.25, -0.2) is 4.98 Å². The smallest absolute Gasteiger partial charge is 0.138 e. The van der Waals surface area contributed by atoms with E-state index < -0.39 is 5.41 Å². The monoisotopic (exact) mass is 741 g/mol. The Morgan fingerprint density at radius 3 is 1.68 bits per heavy atom. The van der Waals surface area contributed by atoms with Gasteiger partial charge in [-0.2, -0.15) is 0 Å². The molecule has 13 rings (SSSR count). The molecule has 0 saturated heterocycles. The topological polar surface area (TPSA) is 30.2 Å². The number of thiophene rings is 1. The Labute approximate surface area is 332 Å². The summed E-state index contributed by atoms with van der Waals surface area (Å²) < 4.78 is 3.52. The lowest BCUT2D eigenvalue weighted by Crippen LogP contribution is -2.26. The predicted molar refractivity (Wildman–Crippen MR) is 236 cm³/mol. The van der Waals surface area contributed by atoms with Gasteiger partial charge >= 0.3 is 0 Å². The van der Waals surface area contributed by atoms with Gasteiger partial charge in [-0.05, 0) is 143 Å². The van der Waals surface area contributed by atoms with E-state index in [1.807, 2.05) is 12.4 Å². The fourth-order valence-corrected chi connectivity index (χ4v) is 11.1. The SMILES string of the molecule is c1ccc2c(c1)-c1ccccc1C21c2cc(-c3ccncc3)ccc2-c2ccc(-c3ccc4cc(-c5ccc6nc7c8ccccc8sc7n6c5)ccc4c3)cc21. The average Bonchev–Trinajstić information content (AvgIpc) is 4.00. The van der Waals surface area contributed by atoms with Gasteiger partial charge in [0.15, 0.2) is 0 Å². The van der Waals surface area contributed by atoms with Gasteiger partial charge in [0.2, 0.25) is 0 Å². The van der Waals surface area contributed by atoms with Crippen molar-refractivity contribution in [3.8, 4) is 55.6 Å². The van der Waals surface area contributed by atoms with Gasteiger partial charge in [0.05, 0.1) is 5.41 Å². The summed E-state index contributed by atoms with van der Waals surface area (Å²) in [5.74, 6) is 0. The zero-order valence-electron chi connectivity index (χ0n) is 30.6. The van der Waals surface area contributed by atoms with Crippen molar-refractivity contribution in [2.75, 3.05) is 0 Å². The molecule has 0 aliphatic heterocycles. The van der Waals surface area contributed by atoms with Crippen LogP contribution < -0.4 is 0 Å². The van der Waals surface area contributed by atoms with E-state index in [0.717, 1.165) is 11.2 Å². The van der Waals surface area contributed by atoms with Gasteiger partial charge in [-0.3, -0.25) is 9.38 Å². The third kappa shape index (κ3) is 4.25. The van der Waals surface area contributed by atoms with Crippen LogP contribution in [0.25, 0.3) is 92.5 Å². The summed E-state index contributed by atoms with van der Waals surface area (Å²) >= 11 is 1.80. The maximum Gasteiger partial charge on any atom is 0.138 e. The molecule has 7 aromatic carbocycles. The Bertz CT molecular complexity index is 3440. The second kappa shape index (κ2) is 11.5. The number of aromatic nitrogens is 3. The van der Waals surface area contributed by atoms with Crippen LogP contribution in [0.15, 0.2) is 188 Å².